The van der Waals surface area contributed by atoms with E-state index < -0.39 is 11.4 Å². The highest BCUT2D eigenvalue weighted by atomic mass is 35.5. The number of rotatable bonds is 5. The van der Waals surface area contributed by atoms with Crippen LogP contribution in [0, 0.1) is 5.82 Å². The van der Waals surface area contributed by atoms with Crippen molar-refractivity contribution in [1.82, 2.24) is 19.9 Å². The van der Waals surface area contributed by atoms with Gasteiger partial charge in [0.2, 0.25) is 0 Å². The highest BCUT2D eigenvalue weighted by Gasteiger charge is 2.50. The van der Waals surface area contributed by atoms with Gasteiger partial charge in [0.05, 0.1) is 17.5 Å². The third-order valence-corrected chi connectivity index (χ3v) is 7.61. The molecule has 6 rings (SSSR count). The van der Waals surface area contributed by atoms with Gasteiger partial charge in [-0.25, -0.2) is 19.2 Å². The molecule has 2 aromatic heterocycles. The summed E-state index contributed by atoms with van der Waals surface area (Å²) in [6, 6.07) is 9.07. The van der Waals surface area contributed by atoms with E-state index in [-0.39, 0.29) is 36.2 Å². The molecular weight excluding hydrogens is 537 g/mol. The molecule has 0 spiro atoms. The summed E-state index contributed by atoms with van der Waals surface area (Å²) in [5.41, 5.74) is 0.190. The molecule has 0 bridgehead atoms. The van der Waals surface area contributed by atoms with Gasteiger partial charge in [0.25, 0.3) is 0 Å². The number of halogens is 2. The van der Waals surface area contributed by atoms with E-state index in [0.717, 1.165) is 11.8 Å². The Balaban J connectivity index is 1.36. The summed E-state index contributed by atoms with van der Waals surface area (Å²) in [6.07, 6.45) is 3.42. The summed E-state index contributed by atoms with van der Waals surface area (Å²) in [5.74, 6) is 0.513. The molecule has 11 heteroatoms. The maximum Gasteiger partial charge on any atom is 0.410 e. The van der Waals surface area contributed by atoms with Crippen molar-refractivity contribution in [2.45, 2.75) is 44.9 Å². The van der Waals surface area contributed by atoms with E-state index in [4.69, 9.17) is 25.8 Å². The number of anilines is 1. The first-order chi connectivity index (χ1) is 19.2. The number of fused-ring (bicyclic) bond motifs is 3. The van der Waals surface area contributed by atoms with E-state index in [2.05, 4.69) is 19.9 Å². The maximum atomic E-state index is 16.2. The first kappa shape index (κ1) is 26.5. The molecule has 208 valence electrons. The lowest BCUT2D eigenvalue weighted by Gasteiger charge is -2.47. The van der Waals surface area contributed by atoms with Crippen LogP contribution in [-0.2, 0) is 9.47 Å². The predicted octanol–water partition coefficient (Wildman–Crippen LogP) is 5.82. The van der Waals surface area contributed by atoms with Crippen molar-refractivity contribution in [3.05, 3.63) is 53.7 Å². The van der Waals surface area contributed by atoms with Crippen LogP contribution < -0.4 is 9.64 Å². The van der Waals surface area contributed by atoms with Crippen LogP contribution >= 0.6 is 11.6 Å². The van der Waals surface area contributed by atoms with Gasteiger partial charge in [0.1, 0.15) is 34.7 Å². The number of hydrogen-bond donors (Lipinski definition) is 0. The Morgan fingerprint density at radius 1 is 1.18 bits per heavy atom. The summed E-state index contributed by atoms with van der Waals surface area (Å²) in [6.45, 7) is 6.77. The Kier molecular flexibility index (Phi) is 6.62. The molecule has 2 aliphatic rings. The first-order valence-electron chi connectivity index (χ1n) is 13.1. The number of nitrogens with zero attached hydrogens (tertiary/aromatic N) is 5. The number of benzene rings is 2. The van der Waals surface area contributed by atoms with Gasteiger partial charge in [-0.15, -0.1) is 0 Å². The number of carbonyl (C=O) groups excluding carboxylic acids is 1. The van der Waals surface area contributed by atoms with Gasteiger partial charge in [-0.3, -0.25) is 4.98 Å². The Labute approximate surface area is 235 Å². The molecular formula is C29H29ClFN5O4. The third-order valence-electron chi connectivity index (χ3n) is 7.29. The lowest BCUT2D eigenvalue weighted by Crippen LogP contribution is -2.63. The Hall–Kier alpha value is -3.76. The molecule has 2 atom stereocenters. The van der Waals surface area contributed by atoms with Crippen LogP contribution in [0.3, 0.4) is 0 Å². The highest BCUT2D eigenvalue weighted by Crippen LogP contribution is 2.41. The fourth-order valence-corrected chi connectivity index (χ4v) is 5.84. The normalized spacial score (nSPS) is 18.6. The van der Waals surface area contributed by atoms with Crippen LogP contribution in [0.1, 0.15) is 27.2 Å². The maximum absolute atomic E-state index is 16.2. The predicted molar refractivity (Wildman–Crippen MR) is 150 cm³/mol. The number of hydrogen-bond acceptors (Lipinski definition) is 8. The molecule has 4 aromatic rings. The van der Waals surface area contributed by atoms with Gasteiger partial charge in [0.15, 0.2) is 12.6 Å². The highest BCUT2D eigenvalue weighted by molar-refractivity contribution is 6.36. The fourth-order valence-electron chi connectivity index (χ4n) is 5.56. The second-order valence-corrected chi connectivity index (χ2v) is 11.4. The van der Waals surface area contributed by atoms with Crippen molar-refractivity contribution < 1.29 is 23.4 Å². The standard InChI is InChI=1S/C29H29ClFN5O4/c1-29(2,3)40-28(37)35-9-8-21-22(35)13-36(21)27-19-12-32-25(24(31)26(19)33-14-34-27)18-11-17(39-15-38-4)10-16-6-5-7-20(30)23(16)18/h5-7,10-12,14,21-22H,8-9,13,15H2,1-4H3/t21-,22-/m1/s1. The van der Waals surface area contributed by atoms with E-state index in [9.17, 15) is 4.79 Å². The van der Waals surface area contributed by atoms with E-state index >= 15 is 4.39 Å². The van der Waals surface area contributed by atoms with E-state index in [1.165, 1.54) is 13.4 Å². The average molecular weight is 566 g/mol. The summed E-state index contributed by atoms with van der Waals surface area (Å²) in [5, 5.41) is 2.41. The van der Waals surface area contributed by atoms with Gasteiger partial charge in [0, 0.05) is 42.4 Å². The Bertz CT molecular complexity index is 1630. The van der Waals surface area contributed by atoms with E-state index in [1.807, 2.05) is 39.0 Å². The number of carbonyl (C=O) groups is 1. The molecule has 0 N–H and O–H groups in total. The smallest absolute Gasteiger partial charge is 0.410 e. The fraction of sp³-hybridized carbons (Fsp3) is 0.379. The summed E-state index contributed by atoms with van der Waals surface area (Å²) in [4.78, 5) is 29.9. The Morgan fingerprint density at radius 2 is 2.00 bits per heavy atom. The first-order valence-corrected chi connectivity index (χ1v) is 13.4. The van der Waals surface area contributed by atoms with Gasteiger partial charge < -0.3 is 24.0 Å². The number of likely N-dealkylation sites (tertiary alicyclic amines) is 1. The molecule has 2 aromatic carbocycles. The molecule has 2 fully saturated rings. The van der Waals surface area contributed by atoms with Crippen LogP contribution in [0.2, 0.25) is 5.02 Å². The molecule has 2 saturated heterocycles. The summed E-state index contributed by atoms with van der Waals surface area (Å²) in [7, 11) is 1.53. The number of amides is 1. The number of ether oxygens (including phenoxy) is 3. The summed E-state index contributed by atoms with van der Waals surface area (Å²) < 4.78 is 32.5. The van der Waals surface area contributed by atoms with Crippen molar-refractivity contribution in [3.8, 4) is 17.0 Å². The monoisotopic (exact) mass is 565 g/mol. The van der Waals surface area contributed by atoms with Crippen LogP contribution in [0.5, 0.6) is 5.75 Å². The molecule has 2 aliphatic heterocycles. The second-order valence-electron chi connectivity index (χ2n) is 11.0. The SMILES string of the molecule is COCOc1cc(-c2ncc3c(N4C[C@@H]5[C@H]4CCN5C(=O)OC(C)(C)C)ncnc3c2F)c2c(Cl)cccc2c1. The zero-order valence-corrected chi connectivity index (χ0v) is 23.4. The van der Waals surface area contributed by atoms with Crippen LogP contribution in [0.4, 0.5) is 15.0 Å². The lowest BCUT2D eigenvalue weighted by atomic mass is 9.96. The Morgan fingerprint density at radius 3 is 2.77 bits per heavy atom. The third kappa shape index (κ3) is 4.54. The number of pyridine rings is 1. The van der Waals surface area contributed by atoms with Crippen molar-refractivity contribution >= 4 is 45.2 Å². The van der Waals surface area contributed by atoms with Crippen molar-refractivity contribution in [1.29, 1.82) is 0 Å². The minimum absolute atomic E-state index is 0.0142. The van der Waals surface area contributed by atoms with E-state index in [0.29, 0.717) is 46.0 Å². The molecule has 0 aliphatic carbocycles. The number of methoxy groups -OCH3 is 1. The van der Waals surface area contributed by atoms with Crippen LogP contribution in [0.25, 0.3) is 32.9 Å². The zero-order valence-electron chi connectivity index (χ0n) is 22.6. The quantitative estimate of drug-likeness (QED) is 0.280. The van der Waals surface area contributed by atoms with Crippen molar-refractivity contribution in [3.63, 3.8) is 0 Å². The van der Waals surface area contributed by atoms with Gasteiger partial charge in [-0.1, -0.05) is 23.7 Å². The van der Waals surface area contributed by atoms with E-state index in [1.54, 1.807) is 23.2 Å². The number of aromatic nitrogens is 3. The second kappa shape index (κ2) is 10.0. The molecule has 0 unspecified atom stereocenters. The molecule has 0 radical (unpaired) electrons. The minimum Gasteiger partial charge on any atom is -0.468 e. The van der Waals surface area contributed by atoms with Gasteiger partial charge in [-0.05, 0) is 50.8 Å². The van der Waals surface area contributed by atoms with Crippen molar-refractivity contribution in [2.75, 3.05) is 31.9 Å². The summed E-state index contributed by atoms with van der Waals surface area (Å²) >= 11 is 6.57. The average Bonchev–Trinajstić information content (AvgIpc) is 3.23. The zero-order chi connectivity index (χ0) is 28.2. The molecule has 1 amide bonds. The lowest BCUT2D eigenvalue weighted by molar-refractivity contribution is 0.0193. The molecule has 40 heavy (non-hydrogen) atoms. The molecule has 9 nitrogen and oxygen atoms in total. The van der Waals surface area contributed by atoms with Gasteiger partial charge in [-0.2, -0.15) is 0 Å². The topological polar surface area (TPSA) is 89.9 Å². The van der Waals surface area contributed by atoms with Crippen molar-refractivity contribution in [2.24, 2.45) is 0 Å². The molecule has 0 saturated carbocycles. The van der Waals surface area contributed by atoms with Crippen LogP contribution in [-0.4, -0.2) is 70.6 Å². The largest absolute Gasteiger partial charge is 0.468 e. The van der Waals surface area contributed by atoms with Gasteiger partial charge >= 0.3 is 6.09 Å². The molecule has 4 heterocycles. The van der Waals surface area contributed by atoms with Crippen LogP contribution in [0.15, 0.2) is 42.9 Å². The minimum atomic E-state index is -0.579.